The molecule has 0 saturated carbocycles. The molecule has 1 aliphatic rings. The topological polar surface area (TPSA) is 66.5 Å². The van der Waals surface area contributed by atoms with Gasteiger partial charge in [0.15, 0.2) is 5.78 Å². The molecule has 2 amide bonds. The molecule has 3 rings (SSSR count). The summed E-state index contributed by atoms with van der Waals surface area (Å²) >= 11 is 5.86. The molecule has 6 heteroatoms. The molecule has 5 nitrogen and oxygen atoms in total. The number of hydrogen-bond donors (Lipinski definition) is 1. The van der Waals surface area contributed by atoms with Crippen molar-refractivity contribution in [2.75, 3.05) is 18.0 Å². The van der Waals surface area contributed by atoms with Crippen LogP contribution in [0.15, 0.2) is 48.5 Å². The van der Waals surface area contributed by atoms with Crippen molar-refractivity contribution < 1.29 is 14.4 Å². The number of carbonyl (C=O) groups excluding carboxylic acids is 3. The Morgan fingerprint density at radius 2 is 1.85 bits per heavy atom. The smallest absolute Gasteiger partial charge is 0.246 e. The van der Waals surface area contributed by atoms with Crippen molar-refractivity contribution in [1.82, 2.24) is 5.32 Å². The lowest BCUT2D eigenvalue weighted by Gasteiger charge is -2.17. The van der Waals surface area contributed by atoms with Gasteiger partial charge < -0.3 is 10.2 Å². The molecular weight excluding hydrogens is 352 g/mol. The Morgan fingerprint density at radius 3 is 2.65 bits per heavy atom. The molecule has 0 spiro atoms. The predicted molar refractivity (Wildman–Crippen MR) is 101 cm³/mol. The summed E-state index contributed by atoms with van der Waals surface area (Å²) in [5.41, 5.74) is 2.53. The number of para-hydroxylation sites is 1. The largest absolute Gasteiger partial charge is 0.347 e. The lowest BCUT2D eigenvalue weighted by Crippen LogP contribution is -2.39. The van der Waals surface area contributed by atoms with Crippen LogP contribution in [-0.4, -0.2) is 30.7 Å². The van der Waals surface area contributed by atoms with E-state index in [1.807, 2.05) is 24.3 Å². The summed E-state index contributed by atoms with van der Waals surface area (Å²) in [6.45, 7) is 0.555. The van der Waals surface area contributed by atoms with Crippen LogP contribution in [0, 0.1) is 0 Å². The number of anilines is 1. The number of benzene rings is 2. The summed E-state index contributed by atoms with van der Waals surface area (Å²) in [5.74, 6) is -0.617. The van der Waals surface area contributed by atoms with Crippen molar-refractivity contribution >= 4 is 34.9 Å². The molecule has 0 aliphatic carbocycles. The van der Waals surface area contributed by atoms with Gasteiger partial charge in [-0.3, -0.25) is 14.4 Å². The summed E-state index contributed by atoms with van der Waals surface area (Å²) in [7, 11) is 0. The van der Waals surface area contributed by atoms with Crippen molar-refractivity contribution in [2.24, 2.45) is 0 Å². The molecule has 0 unspecified atom stereocenters. The van der Waals surface area contributed by atoms with E-state index in [0.717, 1.165) is 17.7 Å². The van der Waals surface area contributed by atoms with Crippen LogP contribution in [0.25, 0.3) is 0 Å². The van der Waals surface area contributed by atoms with Crippen LogP contribution >= 0.6 is 11.6 Å². The molecule has 1 heterocycles. The number of carbonyl (C=O) groups is 3. The number of fused-ring (bicyclic) bond motifs is 1. The Kier molecular flexibility index (Phi) is 5.68. The average molecular weight is 371 g/mol. The van der Waals surface area contributed by atoms with E-state index < -0.39 is 0 Å². The number of halogens is 1. The molecule has 26 heavy (non-hydrogen) atoms. The molecule has 0 saturated heterocycles. The van der Waals surface area contributed by atoms with Gasteiger partial charge in [-0.25, -0.2) is 0 Å². The predicted octanol–water partition coefficient (Wildman–Crippen LogP) is 3.01. The van der Waals surface area contributed by atoms with Crippen LogP contribution in [0.2, 0.25) is 5.02 Å². The zero-order valence-electron chi connectivity index (χ0n) is 14.2. The van der Waals surface area contributed by atoms with Gasteiger partial charge in [-0.1, -0.05) is 41.9 Å². The van der Waals surface area contributed by atoms with Crippen LogP contribution in [-0.2, 0) is 16.0 Å². The molecule has 134 valence electrons. The SMILES string of the molecule is O=C(CCC(=O)c1cccc(Cl)c1)NCC(=O)N1CCc2ccccc21. The zero-order valence-corrected chi connectivity index (χ0v) is 15.0. The fourth-order valence-corrected chi connectivity index (χ4v) is 3.18. The number of amides is 2. The van der Waals surface area contributed by atoms with Crippen LogP contribution in [0.3, 0.4) is 0 Å². The van der Waals surface area contributed by atoms with Crippen molar-refractivity contribution in [3.05, 3.63) is 64.7 Å². The van der Waals surface area contributed by atoms with Crippen LogP contribution < -0.4 is 10.2 Å². The summed E-state index contributed by atoms with van der Waals surface area (Å²) in [4.78, 5) is 38.0. The van der Waals surface area contributed by atoms with Crippen LogP contribution in [0.5, 0.6) is 0 Å². The zero-order chi connectivity index (χ0) is 18.5. The minimum Gasteiger partial charge on any atom is -0.347 e. The quantitative estimate of drug-likeness (QED) is 0.795. The molecule has 0 aromatic heterocycles. The Labute approximate surface area is 156 Å². The lowest BCUT2D eigenvalue weighted by atomic mass is 10.1. The third kappa shape index (κ3) is 4.29. The van der Waals surface area contributed by atoms with E-state index >= 15 is 0 Å². The summed E-state index contributed by atoms with van der Waals surface area (Å²) in [6.07, 6.45) is 0.937. The van der Waals surface area contributed by atoms with Crippen LogP contribution in [0.1, 0.15) is 28.8 Å². The highest BCUT2D eigenvalue weighted by Crippen LogP contribution is 2.27. The van der Waals surface area contributed by atoms with E-state index in [-0.39, 0.29) is 37.0 Å². The summed E-state index contributed by atoms with van der Waals surface area (Å²) in [5, 5.41) is 3.08. The Hall–Kier alpha value is -2.66. The van der Waals surface area contributed by atoms with E-state index in [0.29, 0.717) is 17.1 Å². The van der Waals surface area contributed by atoms with Crippen molar-refractivity contribution in [1.29, 1.82) is 0 Å². The fourth-order valence-electron chi connectivity index (χ4n) is 2.99. The molecule has 0 bridgehead atoms. The number of ketones is 1. The Balaban J connectivity index is 1.46. The fraction of sp³-hybridized carbons (Fsp3) is 0.250. The highest BCUT2D eigenvalue weighted by molar-refractivity contribution is 6.31. The van der Waals surface area contributed by atoms with Crippen molar-refractivity contribution in [2.45, 2.75) is 19.3 Å². The molecule has 1 N–H and O–H groups in total. The molecule has 0 fully saturated rings. The monoisotopic (exact) mass is 370 g/mol. The Morgan fingerprint density at radius 1 is 1.04 bits per heavy atom. The second-order valence-electron chi connectivity index (χ2n) is 6.13. The highest BCUT2D eigenvalue weighted by Gasteiger charge is 2.24. The second-order valence-corrected chi connectivity index (χ2v) is 6.57. The molecule has 0 radical (unpaired) electrons. The van der Waals surface area contributed by atoms with Crippen molar-refractivity contribution in [3.8, 4) is 0 Å². The molecule has 0 atom stereocenters. The second kappa shape index (κ2) is 8.15. The average Bonchev–Trinajstić information content (AvgIpc) is 3.08. The van der Waals surface area contributed by atoms with Gasteiger partial charge in [-0.05, 0) is 30.2 Å². The first kappa shape index (κ1) is 18.1. The van der Waals surface area contributed by atoms with Gasteiger partial charge in [0.25, 0.3) is 0 Å². The van der Waals surface area contributed by atoms with Gasteiger partial charge in [0.2, 0.25) is 11.8 Å². The standard InChI is InChI=1S/C20H19ClN2O3/c21-16-6-3-5-15(12-16)18(24)8-9-19(25)22-13-20(26)23-11-10-14-4-1-2-7-17(14)23/h1-7,12H,8-11,13H2,(H,22,25). The maximum atomic E-state index is 12.3. The first-order valence-electron chi connectivity index (χ1n) is 8.48. The first-order valence-corrected chi connectivity index (χ1v) is 8.86. The third-order valence-corrected chi connectivity index (χ3v) is 4.59. The maximum absolute atomic E-state index is 12.3. The third-order valence-electron chi connectivity index (χ3n) is 4.35. The summed E-state index contributed by atoms with van der Waals surface area (Å²) < 4.78 is 0. The number of Topliss-reactive ketones (excluding diaryl/α,β-unsaturated/α-hetero) is 1. The highest BCUT2D eigenvalue weighted by atomic mass is 35.5. The van der Waals surface area contributed by atoms with E-state index in [9.17, 15) is 14.4 Å². The first-order chi connectivity index (χ1) is 12.5. The Bertz CT molecular complexity index is 850. The van der Waals surface area contributed by atoms with Gasteiger partial charge in [0.1, 0.15) is 0 Å². The van der Waals surface area contributed by atoms with Crippen molar-refractivity contribution in [3.63, 3.8) is 0 Å². The number of rotatable bonds is 6. The number of nitrogens with one attached hydrogen (secondary N) is 1. The number of hydrogen-bond acceptors (Lipinski definition) is 3. The summed E-state index contributed by atoms with van der Waals surface area (Å²) in [6, 6.07) is 14.4. The minimum absolute atomic E-state index is 0.0369. The van der Waals surface area contributed by atoms with Gasteiger partial charge >= 0.3 is 0 Å². The van der Waals surface area contributed by atoms with Crippen LogP contribution in [0.4, 0.5) is 5.69 Å². The molecule has 2 aromatic carbocycles. The minimum atomic E-state index is -0.318. The normalized spacial score (nSPS) is 12.6. The van der Waals surface area contributed by atoms with Gasteiger partial charge in [-0.2, -0.15) is 0 Å². The van der Waals surface area contributed by atoms with E-state index in [4.69, 9.17) is 11.6 Å². The molecular formula is C20H19ClN2O3. The number of nitrogens with zero attached hydrogens (tertiary/aromatic N) is 1. The van der Waals surface area contributed by atoms with E-state index in [1.165, 1.54) is 0 Å². The van der Waals surface area contributed by atoms with E-state index in [1.54, 1.807) is 29.2 Å². The molecule has 1 aliphatic heterocycles. The van der Waals surface area contributed by atoms with Gasteiger partial charge in [-0.15, -0.1) is 0 Å². The molecule has 2 aromatic rings. The maximum Gasteiger partial charge on any atom is 0.246 e. The lowest BCUT2D eigenvalue weighted by molar-refractivity contribution is -0.124. The van der Waals surface area contributed by atoms with Gasteiger partial charge in [0.05, 0.1) is 6.54 Å². The van der Waals surface area contributed by atoms with Gasteiger partial charge in [0, 0.05) is 35.7 Å². The van der Waals surface area contributed by atoms with E-state index in [2.05, 4.69) is 5.32 Å².